The van der Waals surface area contributed by atoms with E-state index < -0.39 is 0 Å². The lowest BCUT2D eigenvalue weighted by Gasteiger charge is -2.05. The Labute approximate surface area is 138 Å². The van der Waals surface area contributed by atoms with Gasteiger partial charge >= 0.3 is 0 Å². The van der Waals surface area contributed by atoms with Crippen molar-refractivity contribution in [2.75, 3.05) is 5.75 Å². The van der Waals surface area contributed by atoms with Crippen molar-refractivity contribution in [3.05, 3.63) is 47.4 Å². The second-order valence-corrected chi connectivity index (χ2v) is 7.08. The molecule has 1 aliphatic heterocycles. The lowest BCUT2D eigenvalue weighted by atomic mass is 10.0. The molecule has 0 fully saturated rings. The number of nitrogens with zero attached hydrogens (tertiary/aromatic N) is 5. The fraction of sp³-hybridized carbons (Fsp3) is 0.438. The molecule has 0 aromatic carbocycles. The summed E-state index contributed by atoms with van der Waals surface area (Å²) in [5, 5.41) is 9.62. The number of thioether (sulfide) groups is 1. The zero-order valence-electron chi connectivity index (χ0n) is 13.3. The molecule has 0 saturated carbocycles. The molecule has 0 amide bonds. The molecule has 0 saturated heterocycles. The zero-order valence-corrected chi connectivity index (χ0v) is 14.1. The number of rotatable bonds is 5. The normalized spacial score (nSPS) is 15.0. The van der Waals surface area contributed by atoms with Crippen LogP contribution >= 0.6 is 11.8 Å². The minimum absolute atomic E-state index is 0.293. The molecule has 7 heteroatoms. The van der Waals surface area contributed by atoms with Crippen LogP contribution in [0.25, 0.3) is 0 Å². The topological polar surface area (TPSA) is 61.7 Å². The summed E-state index contributed by atoms with van der Waals surface area (Å²) in [5.41, 5.74) is 2.02. The molecule has 1 atom stereocenters. The van der Waals surface area contributed by atoms with Gasteiger partial charge in [-0.3, -0.25) is 0 Å². The fourth-order valence-electron chi connectivity index (χ4n) is 2.85. The lowest BCUT2D eigenvalue weighted by Crippen LogP contribution is -2.01. The molecular formula is C16H19N5OS. The smallest absolute Gasteiger partial charge is 0.168 e. The van der Waals surface area contributed by atoms with E-state index in [9.17, 15) is 0 Å². The van der Waals surface area contributed by atoms with Gasteiger partial charge in [0.1, 0.15) is 11.5 Å². The van der Waals surface area contributed by atoms with Crippen LogP contribution in [0.5, 0.6) is 0 Å². The summed E-state index contributed by atoms with van der Waals surface area (Å²) in [5.74, 6) is 3.36. The molecule has 120 valence electrons. The first-order chi connectivity index (χ1) is 11.2. The summed E-state index contributed by atoms with van der Waals surface area (Å²) in [6, 6.07) is 4.04. The Bertz CT molecular complexity index is 797. The second kappa shape index (κ2) is 5.88. The highest BCUT2D eigenvalue weighted by Gasteiger charge is 2.16. The van der Waals surface area contributed by atoms with E-state index in [0.29, 0.717) is 12.5 Å². The molecule has 0 radical (unpaired) electrons. The molecule has 6 nitrogen and oxygen atoms in total. The number of hydrogen-bond donors (Lipinski definition) is 0. The molecule has 0 bridgehead atoms. The average Bonchev–Trinajstić information content (AvgIpc) is 3.24. The van der Waals surface area contributed by atoms with Crippen LogP contribution in [0.1, 0.15) is 35.7 Å². The highest BCUT2D eigenvalue weighted by atomic mass is 32.2. The average molecular weight is 329 g/mol. The summed E-state index contributed by atoms with van der Waals surface area (Å²) in [6.07, 6.45) is 4.94. The van der Waals surface area contributed by atoms with Gasteiger partial charge in [0.15, 0.2) is 5.16 Å². The van der Waals surface area contributed by atoms with E-state index in [1.54, 1.807) is 0 Å². The maximum absolute atomic E-state index is 5.68. The van der Waals surface area contributed by atoms with Gasteiger partial charge in [-0.15, -0.1) is 5.10 Å². The summed E-state index contributed by atoms with van der Waals surface area (Å²) < 4.78 is 9.75. The number of hydrogen-bond acceptors (Lipinski definition) is 5. The second-order valence-electron chi connectivity index (χ2n) is 6.02. The molecule has 3 aromatic heterocycles. The number of aryl methyl sites for hydroxylation is 2. The van der Waals surface area contributed by atoms with Crippen LogP contribution < -0.4 is 0 Å². The standard InChI is InChI=1S/C16H19N5OS/c1-11(15-4-3-12(2)22-15)7-13-9-21(19-18-13)10-14-8-20-5-6-23-16(20)17-14/h3-4,8-9,11H,5-7,10H2,1-2H3/t11-/m1/s1. The van der Waals surface area contributed by atoms with Crippen molar-refractivity contribution in [2.45, 2.75) is 44.4 Å². The van der Waals surface area contributed by atoms with Crippen LogP contribution in [0.3, 0.4) is 0 Å². The Hall–Kier alpha value is -2.02. The molecule has 23 heavy (non-hydrogen) atoms. The third-order valence-corrected chi connectivity index (χ3v) is 5.00. The van der Waals surface area contributed by atoms with Crippen molar-refractivity contribution < 1.29 is 4.42 Å². The number of imidazole rings is 1. The van der Waals surface area contributed by atoms with Crippen LogP contribution in [0.2, 0.25) is 0 Å². The van der Waals surface area contributed by atoms with Crippen LogP contribution in [-0.4, -0.2) is 30.3 Å². The highest BCUT2D eigenvalue weighted by molar-refractivity contribution is 7.99. The van der Waals surface area contributed by atoms with Gasteiger partial charge in [0, 0.05) is 37.0 Å². The molecule has 0 aliphatic carbocycles. The van der Waals surface area contributed by atoms with Gasteiger partial charge in [-0.05, 0) is 19.1 Å². The van der Waals surface area contributed by atoms with Gasteiger partial charge in [-0.25, -0.2) is 9.67 Å². The predicted octanol–water partition coefficient (Wildman–Crippen LogP) is 2.88. The Kier molecular flexibility index (Phi) is 3.72. The molecule has 4 rings (SSSR count). The third kappa shape index (κ3) is 3.06. The lowest BCUT2D eigenvalue weighted by molar-refractivity contribution is 0.450. The van der Waals surface area contributed by atoms with Crippen molar-refractivity contribution in [1.82, 2.24) is 24.5 Å². The van der Waals surface area contributed by atoms with E-state index in [1.807, 2.05) is 41.7 Å². The minimum Gasteiger partial charge on any atom is -0.466 e. The van der Waals surface area contributed by atoms with E-state index in [-0.39, 0.29) is 0 Å². The summed E-state index contributed by atoms with van der Waals surface area (Å²) in [7, 11) is 0. The fourth-order valence-corrected chi connectivity index (χ4v) is 3.81. The van der Waals surface area contributed by atoms with Gasteiger partial charge in [-0.1, -0.05) is 23.9 Å². The third-order valence-electron chi connectivity index (χ3n) is 4.03. The van der Waals surface area contributed by atoms with Crippen molar-refractivity contribution in [3.8, 4) is 0 Å². The van der Waals surface area contributed by atoms with Gasteiger partial charge < -0.3 is 8.98 Å². The van der Waals surface area contributed by atoms with E-state index in [2.05, 4.69) is 33.0 Å². The monoisotopic (exact) mass is 329 g/mol. The van der Waals surface area contributed by atoms with Crippen LogP contribution in [0, 0.1) is 6.92 Å². The predicted molar refractivity (Wildman–Crippen MR) is 87.6 cm³/mol. The van der Waals surface area contributed by atoms with Gasteiger partial charge in [-0.2, -0.15) is 0 Å². The van der Waals surface area contributed by atoms with E-state index in [4.69, 9.17) is 4.42 Å². The van der Waals surface area contributed by atoms with E-state index >= 15 is 0 Å². The Morgan fingerprint density at radius 2 is 2.22 bits per heavy atom. The molecule has 3 aromatic rings. The molecule has 0 N–H and O–H groups in total. The van der Waals surface area contributed by atoms with Crippen molar-refractivity contribution in [1.29, 1.82) is 0 Å². The van der Waals surface area contributed by atoms with E-state index in [1.165, 1.54) is 0 Å². The first kappa shape index (κ1) is 14.6. The quantitative estimate of drug-likeness (QED) is 0.720. The molecular weight excluding hydrogens is 310 g/mol. The van der Waals surface area contributed by atoms with Gasteiger partial charge in [0.25, 0.3) is 0 Å². The van der Waals surface area contributed by atoms with Gasteiger partial charge in [0.2, 0.25) is 0 Å². The van der Waals surface area contributed by atoms with Crippen LogP contribution in [0.15, 0.2) is 34.1 Å². The Morgan fingerprint density at radius 3 is 3.00 bits per heavy atom. The molecule has 0 spiro atoms. The highest BCUT2D eigenvalue weighted by Crippen LogP contribution is 2.25. The van der Waals surface area contributed by atoms with Crippen molar-refractivity contribution in [3.63, 3.8) is 0 Å². The summed E-state index contributed by atoms with van der Waals surface area (Å²) in [4.78, 5) is 4.63. The van der Waals surface area contributed by atoms with E-state index in [0.717, 1.165) is 46.8 Å². The number of aromatic nitrogens is 5. The maximum atomic E-state index is 5.68. The van der Waals surface area contributed by atoms with Crippen molar-refractivity contribution in [2.24, 2.45) is 0 Å². The first-order valence-electron chi connectivity index (χ1n) is 7.81. The Balaban J connectivity index is 1.42. The Morgan fingerprint density at radius 1 is 1.30 bits per heavy atom. The number of furan rings is 1. The van der Waals surface area contributed by atoms with Crippen LogP contribution in [-0.2, 0) is 19.5 Å². The molecule has 1 aliphatic rings. The SMILES string of the molecule is Cc1ccc([C@H](C)Cc2cn(Cc3cn4c(n3)SCC4)nn2)o1. The first-order valence-corrected chi connectivity index (χ1v) is 8.80. The summed E-state index contributed by atoms with van der Waals surface area (Å²) >= 11 is 1.81. The van der Waals surface area contributed by atoms with Crippen LogP contribution in [0.4, 0.5) is 0 Å². The largest absolute Gasteiger partial charge is 0.466 e. The summed E-state index contributed by atoms with van der Waals surface area (Å²) in [6.45, 7) is 5.83. The molecule has 4 heterocycles. The minimum atomic E-state index is 0.293. The van der Waals surface area contributed by atoms with Gasteiger partial charge in [0.05, 0.1) is 17.9 Å². The maximum Gasteiger partial charge on any atom is 0.168 e. The number of fused-ring (bicyclic) bond motifs is 1. The zero-order chi connectivity index (χ0) is 15.8. The molecule has 0 unspecified atom stereocenters. The van der Waals surface area contributed by atoms with Crippen molar-refractivity contribution >= 4 is 11.8 Å².